The zero-order valence-electron chi connectivity index (χ0n) is 16.3. The van der Waals surface area contributed by atoms with Crippen molar-refractivity contribution in [3.05, 3.63) is 59.2 Å². The van der Waals surface area contributed by atoms with Crippen LogP contribution in [0.4, 0.5) is 16.2 Å². The van der Waals surface area contributed by atoms with Crippen LogP contribution in [0.3, 0.4) is 0 Å². The van der Waals surface area contributed by atoms with Gasteiger partial charge in [-0.15, -0.1) is 0 Å². The predicted molar refractivity (Wildman–Crippen MR) is 112 cm³/mol. The Bertz CT molecular complexity index is 893. The van der Waals surface area contributed by atoms with Crippen LogP contribution < -0.4 is 10.6 Å². The highest BCUT2D eigenvalue weighted by Crippen LogP contribution is 2.26. The van der Waals surface area contributed by atoms with Crippen LogP contribution in [-0.2, 0) is 17.6 Å². The van der Waals surface area contributed by atoms with E-state index in [4.69, 9.17) is 0 Å². The second-order valence-corrected chi connectivity index (χ2v) is 7.91. The maximum Gasteiger partial charge on any atom is 0.321 e. The number of carbonyl (C=O) groups excluding carboxylic acids is 2. The quantitative estimate of drug-likeness (QED) is 0.834. The minimum atomic E-state index is -0.176. The summed E-state index contributed by atoms with van der Waals surface area (Å²) in [6, 6.07) is 13.8. The normalized spacial score (nSPS) is 18.5. The van der Waals surface area contributed by atoms with Gasteiger partial charge in [0.15, 0.2) is 0 Å². The molecule has 1 unspecified atom stereocenters. The van der Waals surface area contributed by atoms with Crippen molar-refractivity contribution in [2.75, 3.05) is 23.7 Å². The van der Waals surface area contributed by atoms with E-state index < -0.39 is 0 Å². The van der Waals surface area contributed by atoms with E-state index in [1.54, 1.807) is 4.90 Å². The van der Waals surface area contributed by atoms with E-state index >= 15 is 0 Å². The molecule has 5 heteroatoms. The number of hydrogen-bond acceptors (Lipinski definition) is 2. The molecule has 1 aliphatic heterocycles. The Morgan fingerprint density at radius 2 is 1.79 bits per heavy atom. The van der Waals surface area contributed by atoms with Gasteiger partial charge in [0.2, 0.25) is 5.91 Å². The summed E-state index contributed by atoms with van der Waals surface area (Å²) in [4.78, 5) is 27.1. The molecule has 0 bridgehead atoms. The number of nitrogens with zero attached hydrogens (tertiary/aromatic N) is 1. The molecule has 2 N–H and O–H groups in total. The average molecular weight is 377 g/mol. The van der Waals surface area contributed by atoms with Gasteiger partial charge in [-0.25, -0.2) is 4.79 Å². The minimum absolute atomic E-state index is 0.00556. The molecule has 1 fully saturated rings. The van der Waals surface area contributed by atoms with Crippen molar-refractivity contribution in [1.29, 1.82) is 0 Å². The second kappa shape index (κ2) is 8.05. The number of fused-ring (bicyclic) bond motifs is 1. The highest BCUT2D eigenvalue weighted by atomic mass is 16.2. The first-order valence-corrected chi connectivity index (χ1v) is 10.1. The molecule has 3 amide bonds. The molecule has 5 nitrogen and oxygen atoms in total. The topological polar surface area (TPSA) is 61.4 Å². The van der Waals surface area contributed by atoms with Crippen molar-refractivity contribution in [2.45, 2.75) is 39.0 Å². The number of anilines is 2. The Kier molecular flexibility index (Phi) is 5.33. The zero-order chi connectivity index (χ0) is 19.5. The number of urea groups is 1. The van der Waals surface area contributed by atoms with Crippen LogP contribution in [0.25, 0.3) is 0 Å². The van der Waals surface area contributed by atoms with Gasteiger partial charge in [0.25, 0.3) is 0 Å². The highest BCUT2D eigenvalue weighted by Gasteiger charge is 2.28. The smallest absolute Gasteiger partial charge is 0.321 e. The largest absolute Gasteiger partial charge is 0.326 e. The van der Waals surface area contributed by atoms with Crippen molar-refractivity contribution in [2.24, 2.45) is 5.92 Å². The number of amides is 3. The third-order valence-electron chi connectivity index (χ3n) is 5.71. The lowest BCUT2D eigenvalue weighted by molar-refractivity contribution is -0.121. The number of rotatable bonds is 3. The van der Waals surface area contributed by atoms with Crippen molar-refractivity contribution >= 4 is 23.3 Å². The number of likely N-dealkylation sites (tertiary alicyclic amines) is 1. The number of benzene rings is 2. The first-order valence-electron chi connectivity index (χ1n) is 10.1. The number of carbonyl (C=O) groups is 2. The lowest BCUT2D eigenvalue weighted by Crippen LogP contribution is -2.45. The van der Waals surface area contributed by atoms with Gasteiger partial charge in [-0.3, -0.25) is 4.79 Å². The van der Waals surface area contributed by atoms with Gasteiger partial charge in [0.1, 0.15) is 0 Å². The summed E-state index contributed by atoms with van der Waals surface area (Å²) in [6.07, 6.45) is 5.07. The Balaban J connectivity index is 1.36. The molecule has 146 valence electrons. The van der Waals surface area contributed by atoms with Gasteiger partial charge >= 0.3 is 6.03 Å². The Hall–Kier alpha value is -2.82. The Labute approximate surface area is 166 Å². The van der Waals surface area contributed by atoms with Crippen LogP contribution in [0.1, 0.15) is 36.0 Å². The summed E-state index contributed by atoms with van der Waals surface area (Å²) in [6.45, 7) is 3.13. The van der Waals surface area contributed by atoms with Gasteiger partial charge in [0, 0.05) is 24.5 Å². The van der Waals surface area contributed by atoms with Gasteiger partial charge in [-0.2, -0.15) is 0 Å². The van der Waals surface area contributed by atoms with Gasteiger partial charge in [0.05, 0.1) is 5.92 Å². The molecular formula is C23H27N3O2. The number of piperidine rings is 1. The van der Waals surface area contributed by atoms with Crippen LogP contribution >= 0.6 is 0 Å². The first kappa shape index (κ1) is 18.5. The van der Waals surface area contributed by atoms with E-state index in [0.29, 0.717) is 13.1 Å². The van der Waals surface area contributed by atoms with Gasteiger partial charge < -0.3 is 15.5 Å². The summed E-state index contributed by atoms with van der Waals surface area (Å²) < 4.78 is 0. The molecule has 1 heterocycles. The third kappa shape index (κ3) is 4.19. The van der Waals surface area contributed by atoms with Crippen molar-refractivity contribution in [1.82, 2.24) is 4.90 Å². The van der Waals surface area contributed by atoms with E-state index in [2.05, 4.69) is 22.8 Å². The molecule has 2 aromatic carbocycles. The molecule has 1 aliphatic carbocycles. The first-order chi connectivity index (χ1) is 13.6. The fourth-order valence-electron chi connectivity index (χ4n) is 4.19. The molecular weight excluding hydrogens is 350 g/mol. The average Bonchev–Trinajstić information content (AvgIpc) is 3.16. The van der Waals surface area contributed by atoms with Crippen molar-refractivity contribution in [3.8, 4) is 0 Å². The number of hydrogen-bond donors (Lipinski definition) is 2. The lowest BCUT2D eigenvalue weighted by Gasteiger charge is -2.32. The molecule has 1 saturated heterocycles. The van der Waals surface area contributed by atoms with E-state index in [1.807, 2.05) is 37.3 Å². The molecule has 2 aromatic rings. The number of aryl methyl sites for hydroxylation is 3. The van der Waals surface area contributed by atoms with Crippen LogP contribution in [0.15, 0.2) is 42.5 Å². The predicted octanol–water partition coefficient (Wildman–Crippen LogP) is 4.37. The Morgan fingerprint density at radius 3 is 2.64 bits per heavy atom. The zero-order valence-corrected chi connectivity index (χ0v) is 16.3. The molecule has 0 saturated carbocycles. The molecule has 0 spiro atoms. The maximum absolute atomic E-state index is 12.8. The molecule has 0 aromatic heterocycles. The highest BCUT2D eigenvalue weighted by molar-refractivity contribution is 5.94. The summed E-state index contributed by atoms with van der Waals surface area (Å²) >= 11 is 0. The van der Waals surface area contributed by atoms with E-state index in [1.165, 1.54) is 17.5 Å². The molecule has 2 aliphatic rings. The fraction of sp³-hybridized carbons (Fsp3) is 0.391. The van der Waals surface area contributed by atoms with Crippen LogP contribution in [0, 0.1) is 12.8 Å². The van der Waals surface area contributed by atoms with Crippen molar-refractivity contribution in [3.63, 3.8) is 0 Å². The third-order valence-corrected chi connectivity index (χ3v) is 5.71. The van der Waals surface area contributed by atoms with Crippen molar-refractivity contribution < 1.29 is 9.59 Å². The summed E-state index contributed by atoms with van der Waals surface area (Å²) in [5.41, 5.74) is 5.50. The monoisotopic (exact) mass is 377 g/mol. The van der Waals surface area contributed by atoms with Gasteiger partial charge in [-0.05, 0) is 80.0 Å². The standard InChI is InChI=1S/C23H27N3O2/c1-16-5-2-9-20(13-16)25-23(28)26-12-4-8-19(15-26)22(27)24-21-11-10-17-6-3-7-18(17)14-21/h2,5,9-11,13-14,19H,3-4,6-8,12,15H2,1H3,(H,24,27)(H,25,28). The second-order valence-electron chi connectivity index (χ2n) is 7.91. The summed E-state index contributed by atoms with van der Waals surface area (Å²) in [7, 11) is 0. The molecule has 1 atom stereocenters. The minimum Gasteiger partial charge on any atom is -0.326 e. The maximum atomic E-state index is 12.8. The van der Waals surface area contributed by atoms with E-state index in [0.717, 1.165) is 42.6 Å². The summed E-state index contributed by atoms with van der Waals surface area (Å²) in [5, 5.41) is 6.01. The van der Waals surface area contributed by atoms with E-state index in [-0.39, 0.29) is 17.9 Å². The van der Waals surface area contributed by atoms with Crippen LogP contribution in [0.5, 0.6) is 0 Å². The van der Waals surface area contributed by atoms with Gasteiger partial charge in [-0.1, -0.05) is 18.2 Å². The SMILES string of the molecule is Cc1cccc(NC(=O)N2CCCC(C(=O)Nc3ccc4c(c3)CCC4)C2)c1. The number of nitrogens with one attached hydrogen (secondary N) is 2. The van der Waals surface area contributed by atoms with E-state index in [9.17, 15) is 9.59 Å². The molecule has 0 radical (unpaired) electrons. The van der Waals surface area contributed by atoms with Crippen LogP contribution in [0.2, 0.25) is 0 Å². The fourth-order valence-corrected chi connectivity index (χ4v) is 4.19. The summed E-state index contributed by atoms with van der Waals surface area (Å²) in [5.74, 6) is -0.170. The molecule has 28 heavy (non-hydrogen) atoms. The lowest BCUT2D eigenvalue weighted by atomic mass is 9.97. The Morgan fingerprint density at radius 1 is 0.964 bits per heavy atom. The molecule has 4 rings (SSSR count). The van der Waals surface area contributed by atoms with Crippen LogP contribution in [-0.4, -0.2) is 29.9 Å².